The average molecular weight is 365 g/mol. The van der Waals surface area contributed by atoms with Crippen molar-refractivity contribution in [1.82, 2.24) is 10.3 Å². The van der Waals surface area contributed by atoms with Gasteiger partial charge >= 0.3 is 6.36 Å². The fourth-order valence-electron chi connectivity index (χ4n) is 2.61. The maximum Gasteiger partial charge on any atom is 0.573 e. The number of hydrogen-bond donors (Lipinski definition) is 1. The van der Waals surface area contributed by atoms with Crippen molar-refractivity contribution >= 4 is 5.69 Å². The van der Waals surface area contributed by atoms with E-state index in [0.717, 1.165) is 5.69 Å². The van der Waals surface area contributed by atoms with Crippen molar-refractivity contribution in [3.05, 3.63) is 72.2 Å². The van der Waals surface area contributed by atoms with Crippen LogP contribution in [0.15, 0.2) is 66.7 Å². The summed E-state index contributed by atoms with van der Waals surface area (Å²) in [6, 6.07) is 15.6. The molecule has 2 aromatic carbocycles. The standard InChI is InChI=1S/C18H18F3N3O2/c1-25-17-12-23(13-24(22-17)15-7-3-2-4-8-15)11-14-6-5-9-16(10-14)26-18(19,20)21/h2-10,12,22H,11,13H2,1H3. The van der Waals surface area contributed by atoms with Crippen LogP contribution in [-0.4, -0.2) is 25.0 Å². The molecule has 8 heteroatoms. The van der Waals surface area contributed by atoms with Gasteiger partial charge in [-0.2, -0.15) is 0 Å². The van der Waals surface area contributed by atoms with Gasteiger partial charge in [-0.1, -0.05) is 30.3 Å². The summed E-state index contributed by atoms with van der Waals surface area (Å²) in [5, 5.41) is 1.88. The summed E-state index contributed by atoms with van der Waals surface area (Å²) >= 11 is 0. The lowest BCUT2D eigenvalue weighted by atomic mass is 10.2. The lowest BCUT2D eigenvalue weighted by Gasteiger charge is -2.37. The van der Waals surface area contributed by atoms with Crippen LogP contribution in [0.5, 0.6) is 5.75 Å². The third-order valence-corrected chi connectivity index (χ3v) is 3.67. The molecule has 0 radical (unpaired) electrons. The summed E-state index contributed by atoms with van der Waals surface area (Å²) in [4.78, 5) is 1.93. The Balaban J connectivity index is 1.75. The zero-order valence-corrected chi connectivity index (χ0v) is 14.0. The van der Waals surface area contributed by atoms with E-state index < -0.39 is 6.36 Å². The van der Waals surface area contributed by atoms with Crippen LogP contribution in [-0.2, 0) is 11.3 Å². The zero-order chi connectivity index (χ0) is 18.6. The largest absolute Gasteiger partial charge is 0.573 e. The minimum Gasteiger partial charge on any atom is -0.480 e. The molecule has 0 aliphatic carbocycles. The van der Waals surface area contributed by atoms with E-state index in [1.165, 1.54) is 18.2 Å². The molecule has 5 nitrogen and oxygen atoms in total. The third kappa shape index (κ3) is 4.75. The number of alkyl halides is 3. The Hall–Kier alpha value is -3.03. The molecule has 0 saturated heterocycles. The number of halogens is 3. The predicted molar refractivity (Wildman–Crippen MR) is 90.7 cm³/mol. The van der Waals surface area contributed by atoms with Crippen molar-refractivity contribution < 1.29 is 22.6 Å². The van der Waals surface area contributed by atoms with Crippen LogP contribution in [0, 0.1) is 0 Å². The number of nitrogens with zero attached hydrogens (tertiary/aromatic N) is 2. The number of nitrogens with one attached hydrogen (secondary N) is 1. The first-order valence-electron chi connectivity index (χ1n) is 7.87. The highest BCUT2D eigenvalue weighted by atomic mass is 19.4. The minimum absolute atomic E-state index is 0.235. The molecule has 138 valence electrons. The van der Waals surface area contributed by atoms with E-state index in [9.17, 15) is 13.2 Å². The second-order valence-corrected chi connectivity index (χ2v) is 5.66. The number of methoxy groups -OCH3 is 1. The summed E-state index contributed by atoms with van der Waals surface area (Å²) in [5.41, 5.74) is 4.76. The van der Waals surface area contributed by atoms with Crippen molar-refractivity contribution in [2.45, 2.75) is 12.9 Å². The summed E-state index contributed by atoms with van der Waals surface area (Å²) in [6.45, 7) is 0.883. The fraction of sp³-hybridized carbons (Fsp3) is 0.222. The maximum atomic E-state index is 12.4. The van der Waals surface area contributed by atoms with Gasteiger partial charge in [0.15, 0.2) is 0 Å². The SMILES string of the molecule is COC1=CN(Cc2cccc(OC(F)(F)F)c2)CN(c2ccccc2)N1. The lowest BCUT2D eigenvalue weighted by Crippen LogP contribution is -2.48. The van der Waals surface area contributed by atoms with Crippen LogP contribution >= 0.6 is 0 Å². The Morgan fingerprint density at radius 2 is 1.85 bits per heavy atom. The molecule has 0 aromatic heterocycles. The number of anilines is 1. The molecule has 1 aliphatic rings. The topological polar surface area (TPSA) is 37.0 Å². The Labute approximate surface area is 149 Å². The average Bonchev–Trinajstić information content (AvgIpc) is 2.61. The molecule has 0 atom stereocenters. The molecule has 1 aliphatic heterocycles. The Morgan fingerprint density at radius 3 is 2.54 bits per heavy atom. The van der Waals surface area contributed by atoms with Gasteiger partial charge in [-0.25, -0.2) is 0 Å². The van der Waals surface area contributed by atoms with Crippen molar-refractivity contribution in [3.8, 4) is 5.75 Å². The minimum atomic E-state index is -4.71. The van der Waals surface area contributed by atoms with Crippen LogP contribution < -0.4 is 15.2 Å². The van der Waals surface area contributed by atoms with Crippen molar-refractivity contribution in [3.63, 3.8) is 0 Å². The smallest absolute Gasteiger partial charge is 0.480 e. The second kappa shape index (κ2) is 7.47. The number of hydrazine groups is 1. The monoisotopic (exact) mass is 365 g/mol. The molecule has 2 aromatic rings. The van der Waals surface area contributed by atoms with E-state index in [0.29, 0.717) is 24.7 Å². The molecule has 0 fully saturated rings. The van der Waals surface area contributed by atoms with Crippen LogP contribution in [0.4, 0.5) is 18.9 Å². The Bertz CT molecular complexity index is 766. The first-order valence-corrected chi connectivity index (χ1v) is 7.87. The highest BCUT2D eigenvalue weighted by molar-refractivity contribution is 5.45. The van der Waals surface area contributed by atoms with Gasteiger partial charge in [0.2, 0.25) is 5.88 Å². The maximum absolute atomic E-state index is 12.4. The Kier molecular flexibility index (Phi) is 5.11. The molecular weight excluding hydrogens is 347 g/mol. The van der Waals surface area contributed by atoms with E-state index in [2.05, 4.69) is 10.2 Å². The Morgan fingerprint density at radius 1 is 1.08 bits per heavy atom. The molecule has 0 amide bonds. The molecule has 1 heterocycles. The normalized spacial score (nSPS) is 14.5. The predicted octanol–water partition coefficient (Wildman–Crippen LogP) is 3.81. The summed E-state index contributed by atoms with van der Waals surface area (Å²) in [6.07, 6.45) is -2.93. The third-order valence-electron chi connectivity index (χ3n) is 3.67. The van der Waals surface area contributed by atoms with Crippen LogP contribution in [0.25, 0.3) is 0 Å². The quantitative estimate of drug-likeness (QED) is 0.872. The van der Waals surface area contributed by atoms with Crippen molar-refractivity contribution in [1.29, 1.82) is 0 Å². The van der Waals surface area contributed by atoms with Gasteiger partial charge in [-0.15, -0.1) is 13.2 Å². The number of benzene rings is 2. The number of rotatable bonds is 5. The van der Waals surface area contributed by atoms with E-state index in [4.69, 9.17) is 4.74 Å². The van der Waals surface area contributed by atoms with Crippen LogP contribution in [0.2, 0.25) is 0 Å². The molecule has 1 N–H and O–H groups in total. The first-order chi connectivity index (χ1) is 12.4. The molecule has 3 rings (SSSR count). The van der Waals surface area contributed by atoms with E-state index >= 15 is 0 Å². The molecule has 0 unspecified atom stereocenters. The van der Waals surface area contributed by atoms with E-state index in [-0.39, 0.29) is 5.75 Å². The summed E-state index contributed by atoms with van der Waals surface area (Å²) < 4.78 is 46.5. The number of hydrogen-bond acceptors (Lipinski definition) is 5. The molecule has 0 spiro atoms. The van der Waals surface area contributed by atoms with Gasteiger partial charge in [0.1, 0.15) is 12.4 Å². The fourth-order valence-corrected chi connectivity index (χ4v) is 2.61. The van der Waals surface area contributed by atoms with E-state index in [1.54, 1.807) is 19.4 Å². The molecule has 0 saturated carbocycles. The van der Waals surface area contributed by atoms with Gasteiger partial charge in [-0.3, -0.25) is 10.4 Å². The van der Waals surface area contributed by atoms with Crippen molar-refractivity contribution in [2.75, 3.05) is 18.8 Å². The van der Waals surface area contributed by atoms with Crippen molar-refractivity contribution in [2.24, 2.45) is 0 Å². The molecule has 0 bridgehead atoms. The van der Waals surface area contributed by atoms with Crippen LogP contribution in [0.3, 0.4) is 0 Å². The van der Waals surface area contributed by atoms with Gasteiger partial charge in [0.05, 0.1) is 19.0 Å². The lowest BCUT2D eigenvalue weighted by molar-refractivity contribution is -0.274. The van der Waals surface area contributed by atoms with Gasteiger partial charge in [0, 0.05) is 6.54 Å². The van der Waals surface area contributed by atoms with Gasteiger partial charge in [0.25, 0.3) is 0 Å². The highest BCUT2D eigenvalue weighted by Crippen LogP contribution is 2.24. The number of ether oxygens (including phenoxy) is 2. The van der Waals surface area contributed by atoms with Gasteiger partial charge in [-0.05, 0) is 29.8 Å². The molecule has 26 heavy (non-hydrogen) atoms. The van der Waals surface area contributed by atoms with Gasteiger partial charge < -0.3 is 14.4 Å². The first kappa shape index (κ1) is 17.8. The highest BCUT2D eigenvalue weighted by Gasteiger charge is 2.31. The second-order valence-electron chi connectivity index (χ2n) is 5.66. The summed E-state index contributed by atoms with van der Waals surface area (Å²) in [7, 11) is 1.54. The number of para-hydroxylation sites is 1. The zero-order valence-electron chi connectivity index (χ0n) is 14.0. The molecular formula is C18H18F3N3O2. The van der Waals surface area contributed by atoms with E-state index in [1.807, 2.05) is 40.2 Å². The summed E-state index contributed by atoms with van der Waals surface area (Å²) in [5.74, 6) is 0.295. The van der Waals surface area contributed by atoms with Crippen LogP contribution in [0.1, 0.15) is 5.56 Å².